The number of esters is 1. The average molecular weight is 592 g/mol. The molecule has 0 radical (unpaired) electrons. The number of Topliss-reactive ketones (excluding diaryl/α,β-unsaturated/α-hetero) is 1. The predicted molar refractivity (Wildman–Crippen MR) is 145 cm³/mol. The molecule has 232 valence electrons. The minimum Gasteiger partial charge on any atom is -0.481 e. The van der Waals surface area contributed by atoms with Crippen molar-refractivity contribution in [3.05, 3.63) is 11.6 Å². The van der Waals surface area contributed by atoms with Crippen LogP contribution in [0.25, 0.3) is 0 Å². The number of aliphatic carboxylic acids is 2. The first kappa shape index (κ1) is 31.8. The van der Waals surface area contributed by atoms with Crippen molar-refractivity contribution in [3.8, 4) is 0 Å². The Morgan fingerprint density at radius 3 is 2.43 bits per heavy atom. The second-order valence-electron chi connectivity index (χ2n) is 13.0. The summed E-state index contributed by atoms with van der Waals surface area (Å²) in [7, 11) is 0. The summed E-state index contributed by atoms with van der Waals surface area (Å²) in [5.74, 6) is -4.86. The Kier molecular flexibility index (Phi) is 8.99. The number of aliphatic hydroxyl groups is 2. The van der Waals surface area contributed by atoms with Crippen molar-refractivity contribution in [3.63, 3.8) is 0 Å². The van der Waals surface area contributed by atoms with Gasteiger partial charge in [-0.2, -0.15) is 0 Å². The molecular weight excluding hydrogens is 550 g/mol. The third-order valence-electron chi connectivity index (χ3n) is 10.7. The third-order valence-corrected chi connectivity index (χ3v) is 10.7. The number of hydrogen-bond acceptors (Lipinski definition) is 9. The zero-order valence-electron chi connectivity index (χ0n) is 24.1. The van der Waals surface area contributed by atoms with Crippen molar-refractivity contribution in [1.82, 2.24) is 5.32 Å². The van der Waals surface area contributed by atoms with Crippen molar-refractivity contribution in [2.24, 2.45) is 28.6 Å². The van der Waals surface area contributed by atoms with Crippen LogP contribution in [0.5, 0.6) is 0 Å². The highest BCUT2D eigenvalue weighted by molar-refractivity contribution is 5.92. The molecule has 3 fully saturated rings. The summed E-state index contributed by atoms with van der Waals surface area (Å²) in [6, 6.07) is -1.42. The molecule has 8 atom stereocenters. The maximum absolute atomic E-state index is 13.4. The second-order valence-corrected chi connectivity index (χ2v) is 13.0. The minimum absolute atomic E-state index is 0.0291. The first-order chi connectivity index (χ1) is 19.6. The van der Waals surface area contributed by atoms with E-state index >= 15 is 0 Å². The van der Waals surface area contributed by atoms with E-state index in [0.29, 0.717) is 19.3 Å². The highest BCUT2D eigenvalue weighted by Crippen LogP contribution is 2.67. The Morgan fingerprint density at radius 1 is 1.05 bits per heavy atom. The van der Waals surface area contributed by atoms with E-state index in [-0.39, 0.29) is 48.2 Å². The van der Waals surface area contributed by atoms with E-state index in [9.17, 15) is 39.0 Å². The number of ketones is 2. The van der Waals surface area contributed by atoms with Crippen molar-refractivity contribution < 1.29 is 53.9 Å². The maximum Gasteiger partial charge on any atom is 0.326 e. The molecule has 0 aromatic rings. The lowest BCUT2D eigenvalue weighted by Crippen LogP contribution is -2.62. The standard InChI is InChI=1S/C30H41NO11/c1-28-11-9-17(32)13-16(28)3-4-18-19-10-12-30(41,29(19,2)14-21(33)26(18)28)22(34)15-42-25(38)8-6-23(35)31-20(27(39)40)5-7-24(36)37/h13,18-21,26,33,41H,3-12,14-15H2,1-2H3,(H,31,35)(H,36,37)(H,39,40)/t18-,19-,20-,21+,26+,28+,29+,30+/m1/s1. The van der Waals surface area contributed by atoms with Gasteiger partial charge in [0.2, 0.25) is 11.7 Å². The van der Waals surface area contributed by atoms with Crippen LogP contribution in [0.15, 0.2) is 11.6 Å². The van der Waals surface area contributed by atoms with E-state index < -0.39 is 78.6 Å². The number of aliphatic hydroxyl groups excluding tert-OH is 1. The minimum atomic E-state index is -1.81. The summed E-state index contributed by atoms with van der Waals surface area (Å²) in [5, 5.41) is 43.3. The number of hydrogen-bond donors (Lipinski definition) is 5. The fourth-order valence-corrected chi connectivity index (χ4v) is 8.50. The van der Waals surface area contributed by atoms with Crippen LogP contribution in [0.2, 0.25) is 0 Å². The van der Waals surface area contributed by atoms with Gasteiger partial charge in [0.05, 0.1) is 12.5 Å². The van der Waals surface area contributed by atoms with Gasteiger partial charge in [-0.05, 0) is 74.2 Å². The molecule has 3 saturated carbocycles. The van der Waals surface area contributed by atoms with Crippen LogP contribution in [-0.4, -0.2) is 80.2 Å². The van der Waals surface area contributed by atoms with Gasteiger partial charge in [0.1, 0.15) is 11.6 Å². The molecule has 4 rings (SSSR count). The van der Waals surface area contributed by atoms with Gasteiger partial charge in [-0.25, -0.2) is 4.79 Å². The van der Waals surface area contributed by atoms with Crippen LogP contribution in [-0.2, 0) is 33.5 Å². The van der Waals surface area contributed by atoms with Crippen molar-refractivity contribution >= 4 is 35.4 Å². The summed E-state index contributed by atoms with van der Waals surface area (Å²) >= 11 is 0. The number of nitrogens with one attached hydrogen (secondary N) is 1. The van der Waals surface area contributed by atoms with Gasteiger partial charge in [-0.3, -0.25) is 24.0 Å². The highest BCUT2D eigenvalue weighted by Gasteiger charge is 2.68. The van der Waals surface area contributed by atoms with Crippen molar-refractivity contribution in [1.29, 1.82) is 0 Å². The van der Waals surface area contributed by atoms with E-state index in [1.165, 1.54) is 0 Å². The number of ether oxygens (including phenoxy) is 1. The van der Waals surface area contributed by atoms with Gasteiger partial charge < -0.3 is 30.5 Å². The lowest BCUT2D eigenvalue weighted by atomic mass is 9.45. The number of fused-ring (bicyclic) bond motifs is 5. The molecule has 1 amide bonds. The molecule has 0 aliphatic heterocycles. The number of amides is 1. The number of carbonyl (C=O) groups is 6. The summed E-state index contributed by atoms with van der Waals surface area (Å²) in [6.07, 6.45) is 2.91. The fourth-order valence-electron chi connectivity index (χ4n) is 8.50. The molecule has 0 spiro atoms. The molecule has 12 heteroatoms. The summed E-state index contributed by atoms with van der Waals surface area (Å²) < 4.78 is 5.09. The van der Waals surface area contributed by atoms with Crippen LogP contribution in [0.4, 0.5) is 0 Å². The molecule has 4 aliphatic carbocycles. The molecule has 12 nitrogen and oxygen atoms in total. The lowest BCUT2D eigenvalue weighted by molar-refractivity contribution is -0.184. The van der Waals surface area contributed by atoms with Gasteiger partial charge in [0, 0.05) is 24.7 Å². The smallest absolute Gasteiger partial charge is 0.326 e. The molecule has 0 aromatic carbocycles. The second kappa shape index (κ2) is 11.9. The van der Waals surface area contributed by atoms with Crippen molar-refractivity contribution in [2.75, 3.05) is 6.61 Å². The quantitative estimate of drug-likeness (QED) is 0.218. The molecule has 0 unspecified atom stereocenters. The summed E-state index contributed by atoms with van der Waals surface area (Å²) in [6.45, 7) is 3.25. The highest BCUT2D eigenvalue weighted by atomic mass is 16.5. The Balaban J connectivity index is 1.34. The number of allylic oxidation sites excluding steroid dienone is 1. The Labute approximate surface area is 243 Å². The molecule has 4 aliphatic rings. The zero-order valence-corrected chi connectivity index (χ0v) is 24.1. The van der Waals surface area contributed by atoms with Crippen LogP contribution >= 0.6 is 0 Å². The first-order valence-electron chi connectivity index (χ1n) is 14.7. The Bertz CT molecular complexity index is 1200. The van der Waals surface area contributed by atoms with E-state index in [1.807, 2.05) is 6.92 Å². The van der Waals surface area contributed by atoms with Crippen LogP contribution in [0.1, 0.15) is 84.5 Å². The number of carbonyl (C=O) groups excluding carboxylic acids is 4. The summed E-state index contributed by atoms with van der Waals surface area (Å²) in [5.41, 5.74) is -1.95. The number of carboxylic acids is 2. The zero-order chi connectivity index (χ0) is 31.0. The normalized spacial score (nSPS) is 36.0. The van der Waals surface area contributed by atoms with E-state index in [2.05, 4.69) is 12.2 Å². The molecule has 0 heterocycles. The summed E-state index contributed by atoms with van der Waals surface area (Å²) in [4.78, 5) is 71.8. The Hall–Kier alpha value is -3.12. The number of rotatable bonds is 11. The average Bonchev–Trinajstić information content (AvgIpc) is 3.19. The SMILES string of the molecule is C[C@]12CCC(=O)C=C1CC[C@H]1[C@H]2[C@@H](O)C[C@@]2(C)[C@@H]1CC[C@]2(O)C(=O)COC(=O)CCC(=O)N[C@H](CCC(=O)O)C(=O)O. The van der Waals surface area contributed by atoms with Crippen LogP contribution in [0, 0.1) is 28.6 Å². The van der Waals surface area contributed by atoms with E-state index in [1.54, 1.807) is 6.08 Å². The molecule has 5 N–H and O–H groups in total. The van der Waals surface area contributed by atoms with Gasteiger partial charge >= 0.3 is 17.9 Å². The largest absolute Gasteiger partial charge is 0.481 e. The van der Waals surface area contributed by atoms with Gasteiger partial charge in [-0.1, -0.05) is 19.4 Å². The maximum atomic E-state index is 13.4. The fraction of sp³-hybridized carbons (Fsp3) is 0.733. The molecule has 42 heavy (non-hydrogen) atoms. The third kappa shape index (κ3) is 5.75. The van der Waals surface area contributed by atoms with E-state index in [0.717, 1.165) is 18.4 Å². The van der Waals surface area contributed by atoms with Crippen LogP contribution < -0.4 is 5.32 Å². The van der Waals surface area contributed by atoms with E-state index in [4.69, 9.17) is 14.9 Å². The Morgan fingerprint density at radius 2 is 1.76 bits per heavy atom. The lowest BCUT2D eigenvalue weighted by Gasteiger charge is -2.60. The predicted octanol–water partition coefficient (Wildman–Crippen LogP) is 1.55. The number of carboxylic acid groups (broad SMARTS) is 2. The first-order valence-corrected chi connectivity index (χ1v) is 14.7. The molecule has 0 bridgehead atoms. The molecular formula is C30H41NO11. The monoisotopic (exact) mass is 591 g/mol. The van der Waals surface area contributed by atoms with Crippen molar-refractivity contribution in [2.45, 2.75) is 102 Å². The van der Waals surface area contributed by atoms with Gasteiger partial charge in [0.15, 0.2) is 12.4 Å². The van der Waals surface area contributed by atoms with Gasteiger partial charge in [0.25, 0.3) is 0 Å². The molecule has 0 aromatic heterocycles. The molecule has 0 saturated heterocycles. The van der Waals surface area contributed by atoms with Crippen LogP contribution in [0.3, 0.4) is 0 Å². The topological polar surface area (TPSA) is 205 Å². The van der Waals surface area contributed by atoms with Gasteiger partial charge in [-0.15, -0.1) is 0 Å².